The molecule has 2 rings (SSSR count). The lowest BCUT2D eigenvalue weighted by Gasteiger charge is -2.17. The normalized spacial score (nSPS) is 12.5. The third-order valence-electron chi connectivity index (χ3n) is 3.31. The van der Waals surface area contributed by atoms with E-state index in [0.717, 1.165) is 11.3 Å². The molecule has 1 unspecified atom stereocenters. The molecule has 2 aromatic rings. The summed E-state index contributed by atoms with van der Waals surface area (Å²) in [5.41, 5.74) is 3.50. The first-order valence-corrected chi connectivity index (χ1v) is 6.68. The molecule has 19 heavy (non-hydrogen) atoms. The molecule has 0 aromatic heterocycles. The Morgan fingerprint density at radius 3 is 2.21 bits per heavy atom. The highest BCUT2D eigenvalue weighted by molar-refractivity contribution is 5.48. The van der Waals surface area contributed by atoms with Crippen molar-refractivity contribution < 1.29 is 4.39 Å². The van der Waals surface area contributed by atoms with Crippen molar-refractivity contribution in [3.05, 3.63) is 65.5 Å². The lowest BCUT2D eigenvalue weighted by molar-refractivity contribution is 0.626. The molecular formula is C17H20FN. The summed E-state index contributed by atoms with van der Waals surface area (Å²) >= 11 is 0. The van der Waals surface area contributed by atoms with Crippen LogP contribution in [0.25, 0.3) is 0 Å². The van der Waals surface area contributed by atoms with E-state index in [0.29, 0.717) is 5.92 Å². The Kier molecular flexibility index (Phi) is 4.20. The third-order valence-corrected chi connectivity index (χ3v) is 3.31. The van der Waals surface area contributed by atoms with Crippen LogP contribution in [0.1, 0.15) is 43.9 Å². The summed E-state index contributed by atoms with van der Waals surface area (Å²) < 4.78 is 12.9. The van der Waals surface area contributed by atoms with E-state index in [1.54, 1.807) is 0 Å². The van der Waals surface area contributed by atoms with E-state index in [1.165, 1.54) is 17.7 Å². The third kappa shape index (κ3) is 3.57. The fraction of sp³-hybridized carbons (Fsp3) is 0.294. The van der Waals surface area contributed by atoms with Gasteiger partial charge in [0.25, 0.3) is 0 Å². The summed E-state index contributed by atoms with van der Waals surface area (Å²) in [6.07, 6.45) is 0. The average Bonchev–Trinajstić information content (AvgIpc) is 2.39. The Balaban J connectivity index is 2.12. The lowest BCUT2D eigenvalue weighted by atomic mass is 10.0. The van der Waals surface area contributed by atoms with Crippen LogP contribution in [0.3, 0.4) is 0 Å². The van der Waals surface area contributed by atoms with Gasteiger partial charge in [-0.05, 0) is 48.2 Å². The van der Waals surface area contributed by atoms with E-state index in [-0.39, 0.29) is 11.9 Å². The molecule has 2 aromatic carbocycles. The maximum absolute atomic E-state index is 12.9. The van der Waals surface area contributed by atoms with Crippen LogP contribution in [0.15, 0.2) is 48.5 Å². The quantitative estimate of drug-likeness (QED) is 0.801. The fourth-order valence-corrected chi connectivity index (χ4v) is 2.07. The first-order valence-electron chi connectivity index (χ1n) is 6.68. The number of halogens is 1. The zero-order chi connectivity index (χ0) is 13.8. The largest absolute Gasteiger partial charge is 0.379 e. The van der Waals surface area contributed by atoms with Gasteiger partial charge in [0.15, 0.2) is 0 Å². The van der Waals surface area contributed by atoms with Gasteiger partial charge in [-0.15, -0.1) is 0 Å². The summed E-state index contributed by atoms with van der Waals surface area (Å²) in [6.45, 7) is 6.44. The molecule has 0 spiro atoms. The van der Waals surface area contributed by atoms with Gasteiger partial charge in [0.1, 0.15) is 5.82 Å². The molecule has 1 atom stereocenters. The van der Waals surface area contributed by atoms with Crippen molar-refractivity contribution in [1.82, 2.24) is 0 Å². The molecule has 0 radical (unpaired) electrons. The highest BCUT2D eigenvalue weighted by Gasteiger charge is 2.06. The van der Waals surface area contributed by atoms with Crippen LogP contribution in [0.4, 0.5) is 10.1 Å². The Hall–Kier alpha value is -1.83. The van der Waals surface area contributed by atoms with Crippen molar-refractivity contribution in [3.63, 3.8) is 0 Å². The van der Waals surface area contributed by atoms with Crippen LogP contribution in [-0.2, 0) is 0 Å². The second-order valence-electron chi connectivity index (χ2n) is 5.20. The second kappa shape index (κ2) is 5.87. The molecule has 0 aliphatic rings. The molecule has 0 aliphatic carbocycles. The molecule has 0 aliphatic heterocycles. The molecule has 0 amide bonds. The molecule has 1 N–H and O–H groups in total. The maximum atomic E-state index is 12.9. The van der Waals surface area contributed by atoms with Crippen molar-refractivity contribution in [1.29, 1.82) is 0 Å². The topological polar surface area (TPSA) is 12.0 Å². The van der Waals surface area contributed by atoms with Gasteiger partial charge in [-0.25, -0.2) is 4.39 Å². The minimum Gasteiger partial charge on any atom is -0.379 e. The molecule has 0 bridgehead atoms. The second-order valence-corrected chi connectivity index (χ2v) is 5.20. The van der Waals surface area contributed by atoms with Gasteiger partial charge >= 0.3 is 0 Å². The van der Waals surface area contributed by atoms with Crippen LogP contribution in [0.2, 0.25) is 0 Å². The standard InChI is InChI=1S/C17H20FN/c1-12(2)15-5-4-6-17(11-15)19-13(3)14-7-9-16(18)10-8-14/h4-13,19H,1-3H3. The number of hydrogen-bond acceptors (Lipinski definition) is 1. The number of nitrogens with one attached hydrogen (secondary N) is 1. The summed E-state index contributed by atoms with van der Waals surface area (Å²) in [7, 11) is 0. The zero-order valence-corrected chi connectivity index (χ0v) is 11.7. The Bertz CT molecular complexity index is 531. The van der Waals surface area contributed by atoms with Crippen LogP contribution >= 0.6 is 0 Å². The van der Waals surface area contributed by atoms with Crippen molar-refractivity contribution in [3.8, 4) is 0 Å². The molecule has 0 saturated carbocycles. The van der Waals surface area contributed by atoms with Crippen LogP contribution < -0.4 is 5.32 Å². The predicted octanol–water partition coefficient (Wildman–Crippen LogP) is 5.12. The number of rotatable bonds is 4. The Morgan fingerprint density at radius 1 is 0.895 bits per heavy atom. The average molecular weight is 257 g/mol. The monoisotopic (exact) mass is 257 g/mol. The first kappa shape index (κ1) is 13.6. The number of benzene rings is 2. The molecule has 100 valence electrons. The highest BCUT2D eigenvalue weighted by atomic mass is 19.1. The van der Waals surface area contributed by atoms with Gasteiger partial charge in [-0.1, -0.05) is 38.1 Å². The van der Waals surface area contributed by atoms with E-state index in [9.17, 15) is 4.39 Å². The molecule has 0 fully saturated rings. The van der Waals surface area contributed by atoms with Crippen LogP contribution in [0, 0.1) is 5.82 Å². The van der Waals surface area contributed by atoms with Gasteiger partial charge in [-0.2, -0.15) is 0 Å². The van der Waals surface area contributed by atoms with Crippen molar-refractivity contribution >= 4 is 5.69 Å². The van der Waals surface area contributed by atoms with Gasteiger partial charge in [0.2, 0.25) is 0 Å². The molecule has 2 heteroatoms. The van der Waals surface area contributed by atoms with E-state index < -0.39 is 0 Å². The van der Waals surface area contributed by atoms with Crippen molar-refractivity contribution in [2.45, 2.75) is 32.7 Å². The predicted molar refractivity (Wildman–Crippen MR) is 79.0 cm³/mol. The van der Waals surface area contributed by atoms with Crippen LogP contribution in [-0.4, -0.2) is 0 Å². The Morgan fingerprint density at radius 2 is 1.58 bits per heavy atom. The van der Waals surface area contributed by atoms with Gasteiger partial charge in [0.05, 0.1) is 0 Å². The smallest absolute Gasteiger partial charge is 0.123 e. The highest BCUT2D eigenvalue weighted by Crippen LogP contribution is 2.23. The lowest BCUT2D eigenvalue weighted by Crippen LogP contribution is -2.06. The van der Waals surface area contributed by atoms with E-state index in [1.807, 2.05) is 12.1 Å². The number of hydrogen-bond donors (Lipinski definition) is 1. The summed E-state index contributed by atoms with van der Waals surface area (Å²) in [6, 6.07) is 15.2. The van der Waals surface area contributed by atoms with Gasteiger partial charge in [0, 0.05) is 11.7 Å². The molecule has 0 saturated heterocycles. The van der Waals surface area contributed by atoms with Gasteiger partial charge < -0.3 is 5.32 Å². The SMILES string of the molecule is CC(C)c1cccc(NC(C)c2ccc(F)cc2)c1. The van der Waals surface area contributed by atoms with Gasteiger partial charge in [-0.3, -0.25) is 0 Å². The maximum Gasteiger partial charge on any atom is 0.123 e. The van der Waals surface area contributed by atoms with E-state index in [4.69, 9.17) is 0 Å². The van der Waals surface area contributed by atoms with Crippen LogP contribution in [0.5, 0.6) is 0 Å². The van der Waals surface area contributed by atoms with Crippen molar-refractivity contribution in [2.75, 3.05) is 5.32 Å². The fourth-order valence-electron chi connectivity index (χ4n) is 2.07. The minimum atomic E-state index is -0.197. The minimum absolute atomic E-state index is 0.156. The first-order chi connectivity index (χ1) is 9.06. The Labute approximate surface area is 114 Å². The summed E-state index contributed by atoms with van der Waals surface area (Å²) in [5, 5.41) is 3.45. The molecule has 0 heterocycles. The summed E-state index contributed by atoms with van der Waals surface area (Å²) in [5.74, 6) is 0.320. The van der Waals surface area contributed by atoms with E-state index >= 15 is 0 Å². The summed E-state index contributed by atoms with van der Waals surface area (Å²) in [4.78, 5) is 0. The molecular weight excluding hydrogens is 237 g/mol. The van der Waals surface area contributed by atoms with Crippen molar-refractivity contribution in [2.24, 2.45) is 0 Å². The van der Waals surface area contributed by atoms with E-state index in [2.05, 4.69) is 50.4 Å². The number of anilines is 1. The molecule has 1 nitrogen and oxygen atoms in total. The zero-order valence-electron chi connectivity index (χ0n) is 11.7.